The summed E-state index contributed by atoms with van der Waals surface area (Å²) in [7, 11) is 1.64. The fraction of sp³-hybridized carbons (Fsp3) is 0.158. The quantitative estimate of drug-likeness (QED) is 0.628. The van der Waals surface area contributed by atoms with Crippen LogP contribution in [0.25, 0.3) is 10.6 Å². The van der Waals surface area contributed by atoms with E-state index < -0.39 is 0 Å². The molecular formula is C19H17NO3S. The lowest BCUT2D eigenvalue weighted by Gasteiger charge is -2.04. The van der Waals surface area contributed by atoms with Gasteiger partial charge < -0.3 is 9.47 Å². The number of methoxy groups -OCH3 is 1. The van der Waals surface area contributed by atoms with Gasteiger partial charge in [-0.15, -0.1) is 11.3 Å². The predicted molar refractivity (Wildman–Crippen MR) is 93.8 cm³/mol. The van der Waals surface area contributed by atoms with Crippen LogP contribution in [0.2, 0.25) is 0 Å². The normalized spacial score (nSPS) is 10.5. The highest BCUT2D eigenvalue weighted by Crippen LogP contribution is 2.25. The summed E-state index contributed by atoms with van der Waals surface area (Å²) in [5, 5.41) is 0.922. The zero-order chi connectivity index (χ0) is 16.8. The molecule has 3 rings (SSSR count). The van der Waals surface area contributed by atoms with E-state index in [1.165, 1.54) is 11.3 Å². The van der Waals surface area contributed by atoms with Crippen LogP contribution >= 0.6 is 11.3 Å². The monoisotopic (exact) mass is 339 g/mol. The molecule has 0 amide bonds. The molecule has 0 N–H and O–H groups in total. The van der Waals surface area contributed by atoms with Crippen molar-refractivity contribution in [2.45, 2.75) is 13.2 Å². The summed E-state index contributed by atoms with van der Waals surface area (Å²) in [6, 6.07) is 17.2. The molecule has 4 nitrogen and oxygen atoms in total. The Morgan fingerprint density at radius 2 is 1.79 bits per heavy atom. The third-order valence-electron chi connectivity index (χ3n) is 3.42. The maximum atomic E-state index is 12.1. The van der Waals surface area contributed by atoms with E-state index in [4.69, 9.17) is 9.47 Å². The van der Waals surface area contributed by atoms with Crippen LogP contribution in [0.5, 0.6) is 0 Å². The van der Waals surface area contributed by atoms with Crippen molar-refractivity contribution in [3.63, 3.8) is 0 Å². The second-order valence-electron chi connectivity index (χ2n) is 5.20. The molecule has 1 heterocycles. The van der Waals surface area contributed by atoms with Gasteiger partial charge >= 0.3 is 5.97 Å². The third-order valence-corrected chi connectivity index (χ3v) is 4.44. The highest BCUT2D eigenvalue weighted by atomic mass is 32.1. The Kier molecular flexibility index (Phi) is 5.36. The lowest BCUT2D eigenvalue weighted by Crippen LogP contribution is -2.04. The van der Waals surface area contributed by atoms with Crippen LogP contribution in [-0.4, -0.2) is 18.1 Å². The molecule has 0 aliphatic heterocycles. The maximum absolute atomic E-state index is 12.1. The van der Waals surface area contributed by atoms with Gasteiger partial charge in [-0.3, -0.25) is 0 Å². The van der Waals surface area contributed by atoms with Gasteiger partial charge in [-0.25, -0.2) is 9.78 Å². The molecule has 0 atom stereocenters. The number of rotatable bonds is 6. The number of aromatic nitrogens is 1. The fourth-order valence-electron chi connectivity index (χ4n) is 2.21. The number of ether oxygens (including phenoxy) is 2. The van der Waals surface area contributed by atoms with Crippen LogP contribution in [0.4, 0.5) is 0 Å². The lowest BCUT2D eigenvalue weighted by atomic mass is 10.1. The maximum Gasteiger partial charge on any atom is 0.338 e. The average molecular weight is 339 g/mol. The van der Waals surface area contributed by atoms with Crippen molar-refractivity contribution in [1.82, 2.24) is 4.98 Å². The van der Waals surface area contributed by atoms with Gasteiger partial charge in [0.05, 0.1) is 17.0 Å². The van der Waals surface area contributed by atoms with Crippen LogP contribution in [0.15, 0.2) is 60.8 Å². The molecule has 0 saturated carbocycles. The van der Waals surface area contributed by atoms with Gasteiger partial charge in [0, 0.05) is 18.9 Å². The summed E-state index contributed by atoms with van der Waals surface area (Å²) < 4.78 is 10.4. The number of carbonyl (C=O) groups excluding carboxylic acids is 1. The standard InChI is InChI=1S/C19H17NO3S/c1-22-12-14-7-9-16(10-8-14)19(21)23-13-17-11-20-18(24-17)15-5-3-2-4-6-15/h2-11H,12-13H2,1H3. The predicted octanol–water partition coefficient (Wildman–Crippen LogP) is 4.31. The Balaban J connectivity index is 1.59. The van der Waals surface area contributed by atoms with Crippen LogP contribution in [-0.2, 0) is 22.7 Å². The first-order chi connectivity index (χ1) is 11.8. The molecule has 24 heavy (non-hydrogen) atoms. The van der Waals surface area contributed by atoms with Crippen molar-refractivity contribution in [1.29, 1.82) is 0 Å². The van der Waals surface area contributed by atoms with Gasteiger partial charge in [0.25, 0.3) is 0 Å². The number of hydrogen-bond donors (Lipinski definition) is 0. The second-order valence-corrected chi connectivity index (χ2v) is 6.32. The first-order valence-corrected chi connectivity index (χ1v) is 8.33. The topological polar surface area (TPSA) is 48.4 Å². The van der Waals surface area contributed by atoms with Crippen molar-refractivity contribution < 1.29 is 14.3 Å². The van der Waals surface area contributed by atoms with Gasteiger partial charge in [-0.05, 0) is 17.7 Å². The van der Waals surface area contributed by atoms with Crippen molar-refractivity contribution >= 4 is 17.3 Å². The largest absolute Gasteiger partial charge is 0.456 e. The molecule has 5 heteroatoms. The van der Waals surface area contributed by atoms with Crippen LogP contribution in [0.1, 0.15) is 20.8 Å². The zero-order valence-corrected chi connectivity index (χ0v) is 14.1. The van der Waals surface area contributed by atoms with E-state index in [-0.39, 0.29) is 12.6 Å². The molecule has 3 aromatic rings. The van der Waals surface area contributed by atoms with Gasteiger partial charge in [0.2, 0.25) is 0 Å². The van der Waals surface area contributed by atoms with Gasteiger partial charge in [-0.1, -0.05) is 42.5 Å². The number of esters is 1. The van der Waals surface area contributed by atoms with Gasteiger partial charge in [-0.2, -0.15) is 0 Å². The van der Waals surface area contributed by atoms with Gasteiger partial charge in [0.1, 0.15) is 11.6 Å². The summed E-state index contributed by atoms with van der Waals surface area (Å²) in [5.41, 5.74) is 2.61. The minimum absolute atomic E-state index is 0.225. The molecule has 0 bridgehead atoms. The van der Waals surface area contributed by atoms with Crippen molar-refractivity contribution in [3.05, 3.63) is 76.8 Å². The summed E-state index contributed by atoms with van der Waals surface area (Å²) >= 11 is 1.53. The highest BCUT2D eigenvalue weighted by Gasteiger charge is 2.10. The average Bonchev–Trinajstić information content (AvgIpc) is 3.10. The van der Waals surface area contributed by atoms with Crippen molar-refractivity contribution in [2.75, 3.05) is 7.11 Å². The van der Waals surface area contributed by atoms with Crippen LogP contribution in [0.3, 0.4) is 0 Å². The molecule has 0 aliphatic rings. The molecule has 0 unspecified atom stereocenters. The molecule has 1 aromatic heterocycles. The summed E-state index contributed by atoms with van der Waals surface area (Å²) in [4.78, 5) is 17.4. The van der Waals surface area contributed by atoms with Gasteiger partial charge in [0.15, 0.2) is 0 Å². The first-order valence-electron chi connectivity index (χ1n) is 7.51. The highest BCUT2D eigenvalue weighted by molar-refractivity contribution is 7.15. The molecule has 0 aliphatic carbocycles. The lowest BCUT2D eigenvalue weighted by molar-refractivity contribution is 0.0476. The summed E-state index contributed by atoms with van der Waals surface area (Å²) in [6.07, 6.45) is 1.75. The summed E-state index contributed by atoms with van der Waals surface area (Å²) in [5.74, 6) is -0.339. The first kappa shape index (κ1) is 16.4. The minimum Gasteiger partial charge on any atom is -0.456 e. The summed E-state index contributed by atoms with van der Waals surface area (Å²) in [6.45, 7) is 0.752. The minimum atomic E-state index is -0.339. The molecule has 0 spiro atoms. The van der Waals surface area contributed by atoms with E-state index in [1.54, 1.807) is 25.4 Å². The van der Waals surface area contributed by atoms with E-state index in [1.807, 2.05) is 42.5 Å². The van der Waals surface area contributed by atoms with Crippen molar-refractivity contribution in [3.8, 4) is 10.6 Å². The van der Waals surface area contributed by atoms with E-state index >= 15 is 0 Å². The molecular weight excluding hydrogens is 322 g/mol. The second kappa shape index (κ2) is 7.86. The van der Waals surface area contributed by atoms with E-state index in [0.29, 0.717) is 12.2 Å². The zero-order valence-electron chi connectivity index (χ0n) is 13.3. The smallest absolute Gasteiger partial charge is 0.338 e. The third kappa shape index (κ3) is 4.07. The Hall–Kier alpha value is -2.50. The molecule has 0 saturated heterocycles. The Morgan fingerprint density at radius 1 is 1.04 bits per heavy atom. The number of thiazole rings is 1. The van der Waals surface area contributed by atoms with Crippen molar-refractivity contribution in [2.24, 2.45) is 0 Å². The molecule has 2 aromatic carbocycles. The Bertz CT molecular complexity index is 797. The molecule has 122 valence electrons. The SMILES string of the molecule is COCc1ccc(C(=O)OCc2cnc(-c3ccccc3)s2)cc1. The number of hydrogen-bond acceptors (Lipinski definition) is 5. The molecule has 0 fully saturated rings. The van der Waals surface area contributed by atoms with E-state index in [0.717, 1.165) is 21.0 Å². The van der Waals surface area contributed by atoms with Crippen LogP contribution in [0, 0.1) is 0 Å². The van der Waals surface area contributed by atoms with E-state index in [2.05, 4.69) is 4.98 Å². The number of carbonyl (C=O) groups is 1. The molecule has 0 radical (unpaired) electrons. The fourth-order valence-corrected chi connectivity index (χ4v) is 3.04. The number of benzene rings is 2. The Labute approximate surface area is 144 Å². The Morgan fingerprint density at radius 3 is 2.50 bits per heavy atom. The van der Waals surface area contributed by atoms with Crippen LogP contribution < -0.4 is 0 Å². The number of nitrogens with zero attached hydrogens (tertiary/aromatic N) is 1. The van der Waals surface area contributed by atoms with E-state index in [9.17, 15) is 4.79 Å².